The lowest BCUT2D eigenvalue weighted by molar-refractivity contribution is 0.0898. The van der Waals surface area contributed by atoms with Gasteiger partial charge in [0.15, 0.2) is 11.5 Å². The first-order chi connectivity index (χ1) is 12.4. The van der Waals surface area contributed by atoms with Crippen LogP contribution < -0.4 is 20.5 Å². The summed E-state index contributed by atoms with van der Waals surface area (Å²) in [5.41, 5.74) is 8.55. The first-order valence-corrected chi connectivity index (χ1v) is 9.51. The number of carbonyl (C=O) groups is 1. The van der Waals surface area contributed by atoms with E-state index >= 15 is 0 Å². The van der Waals surface area contributed by atoms with Crippen LogP contribution in [0.3, 0.4) is 0 Å². The molecule has 3 N–H and O–H groups in total. The Hall–Kier alpha value is -2.12. The van der Waals surface area contributed by atoms with E-state index in [0.717, 1.165) is 12.1 Å². The van der Waals surface area contributed by atoms with E-state index in [9.17, 15) is 4.79 Å². The van der Waals surface area contributed by atoms with Crippen LogP contribution in [-0.4, -0.2) is 30.1 Å². The van der Waals surface area contributed by atoms with Gasteiger partial charge in [0, 0.05) is 23.0 Å². The lowest BCUT2D eigenvalue weighted by atomic mass is 9.90. The standard InChI is InChI=1S/C19H27N3O3S/c1-13(2)8-19(3,11-20)22-18(23)14-5-6-16(17(7-14)24-4)25-9-15-10-26-12-21-15/h5-7,10,12-13H,8-9,11,20H2,1-4H3,(H,22,23). The molecule has 0 fully saturated rings. The molecule has 1 atom stereocenters. The van der Waals surface area contributed by atoms with Crippen molar-refractivity contribution >= 4 is 17.2 Å². The molecule has 6 nitrogen and oxygen atoms in total. The van der Waals surface area contributed by atoms with E-state index in [4.69, 9.17) is 15.2 Å². The molecule has 1 heterocycles. The fourth-order valence-electron chi connectivity index (χ4n) is 2.82. The molecular formula is C19H27N3O3S. The Morgan fingerprint density at radius 1 is 1.38 bits per heavy atom. The molecule has 0 bridgehead atoms. The van der Waals surface area contributed by atoms with Crippen molar-refractivity contribution in [3.8, 4) is 11.5 Å². The minimum absolute atomic E-state index is 0.178. The largest absolute Gasteiger partial charge is 0.493 e. The van der Waals surface area contributed by atoms with E-state index in [1.807, 2.05) is 12.3 Å². The van der Waals surface area contributed by atoms with Crippen LogP contribution in [-0.2, 0) is 6.61 Å². The minimum Gasteiger partial charge on any atom is -0.493 e. The monoisotopic (exact) mass is 377 g/mol. The van der Waals surface area contributed by atoms with Crippen LogP contribution in [0.5, 0.6) is 11.5 Å². The van der Waals surface area contributed by atoms with Gasteiger partial charge in [0.05, 0.1) is 18.3 Å². The van der Waals surface area contributed by atoms with E-state index in [-0.39, 0.29) is 5.91 Å². The van der Waals surface area contributed by atoms with Gasteiger partial charge in [-0.25, -0.2) is 4.98 Å². The van der Waals surface area contributed by atoms with Crippen LogP contribution >= 0.6 is 11.3 Å². The number of amides is 1. The molecule has 7 heteroatoms. The zero-order valence-electron chi connectivity index (χ0n) is 15.7. The van der Waals surface area contributed by atoms with E-state index in [2.05, 4.69) is 24.1 Å². The van der Waals surface area contributed by atoms with Gasteiger partial charge in [-0.05, 0) is 37.5 Å². The first-order valence-electron chi connectivity index (χ1n) is 8.57. The fraction of sp³-hybridized carbons (Fsp3) is 0.474. The molecule has 0 spiro atoms. The lowest BCUT2D eigenvalue weighted by Crippen LogP contribution is -2.52. The molecule has 26 heavy (non-hydrogen) atoms. The predicted molar refractivity (Wildman–Crippen MR) is 104 cm³/mol. The molecule has 1 aromatic heterocycles. The highest BCUT2D eigenvalue weighted by Gasteiger charge is 2.26. The summed E-state index contributed by atoms with van der Waals surface area (Å²) in [6, 6.07) is 5.14. The third-order valence-electron chi connectivity index (χ3n) is 4.01. The van der Waals surface area contributed by atoms with Gasteiger partial charge in [-0.15, -0.1) is 11.3 Å². The van der Waals surface area contributed by atoms with E-state index < -0.39 is 5.54 Å². The Morgan fingerprint density at radius 3 is 2.73 bits per heavy atom. The highest BCUT2D eigenvalue weighted by atomic mass is 32.1. The first kappa shape index (κ1) is 20.2. The van der Waals surface area contributed by atoms with Crippen molar-refractivity contribution in [2.75, 3.05) is 13.7 Å². The van der Waals surface area contributed by atoms with Crippen molar-refractivity contribution in [3.05, 3.63) is 40.3 Å². The number of nitrogens with one attached hydrogen (secondary N) is 1. The summed E-state index contributed by atoms with van der Waals surface area (Å²) in [5, 5.41) is 4.97. The summed E-state index contributed by atoms with van der Waals surface area (Å²) < 4.78 is 11.1. The normalized spacial score (nSPS) is 13.3. The Morgan fingerprint density at radius 2 is 2.15 bits per heavy atom. The molecule has 142 valence electrons. The Kier molecular flexibility index (Phi) is 6.99. The van der Waals surface area contributed by atoms with Crippen LogP contribution in [0, 0.1) is 5.92 Å². The molecule has 1 unspecified atom stereocenters. The Bertz CT molecular complexity index is 719. The third kappa shape index (κ3) is 5.44. The van der Waals surface area contributed by atoms with Gasteiger partial charge >= 0.3 is 0 Å². The Labute approximate surface area is 158 Å². The van der Waals surface area contributed by atoms with Gasteiger partial charge in [-0.3, -0.25) is 4.79 Å². The summed E-state index contributed by atoms with van der Waals surface area (Å²) in [7, 11) is 1.55. The number of hydrogen-bond acceptors (Lipinski definition) is 6. The van der Waals surface area contributed by atoms with Gasteiger partial charge in [0.25, 0.3) is 5.91 Å². The van der Waals surface area contributed by atoms with Crippen LogP contribution in [0.2, 0.25) is 0 Å². The van der Waals surface area contributed by atoms with Gasteiger partial charge in [-0.1, -0.05) is 13.8 Å². The van der Waals surface area contributed by atoms with Crippen molar-refractivity contribution < 1.29 is 14.3 Å². The molecule has 2 aromatic rings. The van der Waals surface area contributed by atoms with Crippen molar-refractivity contribution in [2.24, 2.45) is 11.7 Å². The molecule has 1 amide bonds. The van der Waals surface area contributed by atoms with Gasteiger partial charge in [0.1, 0.15) is 6.61 Å². The van der Waals surface area contributed by atoms with Crippen LogP contribution in [0.25, 0.3) is 0 Å². The van der Waals surface area contributed by atoms with Crippen LogP contribution in [0.1, 0.15) is 43.2 Å². The van der Waals surface area contributed by atoms with E-state index in [1.165, 1.54) is 11.3 Å². The lowest BCUT2D eigenvalue weighted by Gasteiger charge is -2.31. The zero-order valence-corrected chi connectivity index (χ0v) is 16.6. The molecule has 2 rings (SSSR count). The maximum Gasteiger partial charge on any atom is 0.251 e. The number of nitrogens with zero attached hydrogens (tertiary/aromatic N) is 1. The highest BCUT2D eigenvalue weighted by molar-refractivity contribution is 7.07. The topological polar surface area (TPSA) is 86.5 Å². The third-order valence-corrected chi connectivity index (χ3v) is 4.64. The number of ether oxygens (including phenoxy) is 2. The number of thiazole rings is 1. The number of rotatable bonds is 9. The summed E-state index contributed by atoms with van der Waals surface area (Å²) in [6.45, 7) is 6.91. The van der Waals surface area contributed by atoms with Gasteiger partial charge < -0.3 is 20.5 Å². The van der Waals surface area contributed by atoms with Crippen molar-refractivity contribution in [1.82, 2.24) is 10.3 Å². The number of hydrogen-bond donors (Lipinski definition) is 2. The zero-order chi connectivity index (χ0) is 19.2. The molecule has 0 saturated carbocycles. The number of nitrogens with two attached hydrogens (primary N) is 1. The quantitative estimate of drug-likeness (QED) is 0.701. The molecular weight excluding hydrogens is 350 g/mol. The van der Waals surface area contributed by atoms with Gasteiger partial charge in [0.2, 0.25) is 0 Å². The summed E-state index contributed by atoms with van der Waals surface area (Å²) in [6.07, 6.45) is 0.807. The maximum atomic E-state index is 12.7. The molecule has 0 aliphatic rings. The fourth-order valence-corrected chi connectivity index (χ4v) is 3.36. The number of carbonyl (C=O) groups excluding carboxylic acids is 1. The average molecular weight is 378 g/mol. The average Bonchev–Trinajstić information content (AvgIpc) is 3.12. The molecule has 0 radical (unpaired) electrons. The molecule has 0 saturated heterocycles. The second kappa shape index (κ2) is 9.00. The second-order valence-electron chi connectivity index (χ2n) is 6.95. The molecule has 1 aromatic carbocycles. The number of benzene rings is 1. The predicted octanol–water partition coefficient (Wildman–Crippen LogP) is 3.22. The van der Waals surface area contributed by atoms with Crippen LogP contribution in [0.4, 0.5) is 0 Å². The molecule has 0 aliphatic heterocycles. The van der Waals surface area contributed by atoms with E-state index in [0.29, 0.717) is 36.1 Å². The van der Waals surface area contributed by atoms with Crippen LogP contribution in [0.15, 0.2) is 29.1 Å². The van der Waals surface area contributed by atoms with Crippen molar-refractivity contribution in [1.29, 1.82) is 0 Å². The SMILES string of the molecule is COc1cc(C(=O)NC(C)(CN)CC(C)C)ccc1OCc1cscn1. The Balaban J connectivity index is 2.10. The second-order valence-corrected chi connectivity index (χ2v) is 7.67. The number of aromatic nitrogens is 1. The highest BCUT2D eigenvalue weighted by Crippen LogP contribution is 2.29. The van der Waals surface area contributed by atoms with Gasteiger partial charge in [-0.2, -0.15) is 0 Å². The summed E-state index contributed by atoms with van der Waals surface area (Å²) in [5.74, 6) is 1.33. The van der Waals surface area contributed by atoms with Crippen molar-refractivity contribution in [3.63, 3.8) is 0 Å². The van der Waals surface area contributed by atoms with E-state index in [1.54, 1.807) is 30.8 Å². The minimum atomic E-state index is -0.446. The number of methoxy groups -OCH3 is 1. The summed E-state index contributed by atoms with van der Waals surface area (Å²) >= 11 is 1.52. The molecule has 0 aliphatic carbocycles. The summed E-state index contributed by atoms with van der Waals surface area (Å²) in [4.78, 5) is 16.8. The smallest absolute Gasteiger partial charge is 0.251 e. The van der Waals surface area contributed by atoms with Crippen molar-refractivity contribution in [2.45, 2.75) is 39.3 Å². The maximum absolute atomic E-state index is 12.7.